The van der Waals surface area contributed by atoms with Crippen LogP contribution in [-0.4, -0.2) is 17.2 Å². The van der Waals surface area contributed by atoms with E-state index in [1.807, 2.05) is 33.3 Å². The Morgan fingerprint density at radius 3 is 3.08 bits per heavy atom. The summed E-state index contributed by atoms with van der Waals surface area (Å²) in [5, 5.41) is 0. The van der Waals surface area contributed by atoms with Crippen LogP contribution in [0.2, 0.25) is 6.82 Å². The number of aromatic nitrogens is 2. The second-order valence-corrected chi connectivity index (χ2v) is 3.70. The van der Waals surface area contributed by atoms with Gasteiger partial charge in [-0.25, -0.2) is 0 Å². The highest BCUT2D eigenvalue weighted by molar-refractivity contribution is 7.26. The van der Waals surface area contributed by atoms with Crippen LogP contribution in [0.5, 0.6) is 0 Å². The van der Waals surface area contributed by atoms with Crippen molar-refractivity contribution in [1.29, 1.82) is 0 Å². The lowest BCUT2D eigenvalue weighted by Crippen LogP contribution is -2.07. The van der Waals surface area contributed by atoms with Gasteiger partial charge in [0.1, 0.15) is 0 Å². The summed E-state index contributed by atoms with van der Waals surface area (Å²) in [6.07, 6.45) is 1.88. The van der Waals surface area contributed by atoms with Gasteiger partial charge in [-0.05, 0) is 13.0 Å². The highest BCUT2D eigenvalue weighted by atomic mass is 32.1. The molecule has 1 radical (unpaired) electrons. The van der Waals surface area contributed by atoms with E-state index in [9.17, 15) is 0 Å². The van der Waals surface area contributed by atoms with E-state index in [-0.39, 0.29) is 0 Å². The van der Waals surface area contributed by atoms with Crippen LogP contribution < -0.4 is 4.91 Å². The Hall–Kier alpha value is -0.895. The second-order valence-electron chi connectivity index (χ2n) is 2.63. The fourth-order valence-corrected chi connectivity index (χ4v) is 1.88. The van der Waals surface area contributed by atoms with Crippen molar-refractivity contribution in [1.82, 2.24) is 9.97 Å². The van der Waals surface area contributed by atoms with Crippen LogP contribution in [0.25, 0.3) is 10.2 Å². The molecule has 0 amide bonds. The molecule has 59 valence electrons. The molecule has 0 saturated carbocycles. The minimum atomic E-state index is 1.02. The summed E-state index contributed by atoms with van der Waals surface area (Å²) in [5.41, 5.74) is 2.08. The summed E-state index contributed by atoms with van der Waals surface area (Å²) in [7, 11) is 2.01. The fraction of sp³-hybridized carbons (Fsp3) is 0.250. The van der Waals surface area contributed by atoms with Crippen molar-refractivity contribution < 1.29 is 0 Å². The van der Waals surface area contributed by atoms with Gasteiger partial charge in [-0.15, -0.1) is 11.3 Å². The van der Waals surface area contributed by atoms with Crippen LogP contribution in [-0.2, 0) is 0 Å². The average Bonchev–Trinajstić information content (AvgIpc) is 2.46. The van der Waals surface area contributed by atoms with Crippen LogP contribution in [0.4, 0.5) is 0 Å². The quantitative estimate of drug-likeness (QED) is 0.611. The lowest BCUT2D eigenvalue weighted by atomic mass is 9.84. The van der Waals surface area contributed by atoms with Gasteiger partial charge in [0.05, 0.1) is 10.2 Å². The highest BCUT2D eigenvalue weighted by Crippen LogP contribution is 2.14. The van der Waals surface area contributed by atoms with Gasteiger partial charge >= 0.3 is 0 Å². The summed E-state index contributed by atoms with van der Waals surface area (Å²) in [4.78, 5) is 9.69. The number of aryl methyl sites for hydroxylation is 1. The minimum Gasteiger partial charge on any atom is -0.260 e. The molecule has 0 bridgehead atoms. The highest BCUT2D eigenvalue weighted by Gasteiger charge is 2.01. The SMILES string of the molecule is C[B]c1nc2cc(C)ncc2s1. The zero-order chi connectivity index (χ0) is 8.55. The molecule has 0 aliphatic heterocycles. The number of hydrogen-bond donors (Lipinski definition) is 0. The molecule has 2 nitrogen and oxygen atoms in total. The maximum atomic E-state index is 4.42. The first-order valence-electron chi connectivity index (χ1n) is 3.82. The number of thiazole rings is 1. The largest absolute Gasteiger partial charge is 0.260 e. The normalized spacial score (nSPS) is 10.5. The predicted molar refractivity (Wildman–Crippen MR) is 53.4 cm³/mol. The molecular weight excluding hydrogens is 167 g/mol. The Morgan fingerprint density at radius 1 is 1.50 bits per heavy atom. The van der Waals surface area contributed by atoms with Gasteiger partial charge in [-0.3, -0.25) is 9.97 Å². The first-order valence-corrected chi connectivity index (χ1v) is 4.64. The van der Waals surface area contributed by atoms with E-state index in [1.54, 1.807) is 11.3 Å². The van der Waals surface area contributed by atoms with Gasteiger partial charge in [-0.1, -0.05) is 6.82 Å². The van der Waals surface area contributed by atoms with Gasteiger partial charge in [0.25, 0.3) is 0 Å². The first-order chi connectivity index (χ1) is 5.79. The third-order valence-electron chi connectivity index (χ3n) is 1.68. The van der Waals surface area contributed by atoms with Crippen molar-refractivity contribution in [2.45, 2.75) is 13.7 Å². The summed E-state index contributed by atoms with van der Waals surface area (Å²) in [6, 6.07) is 2.01. The molecule has 0 aliphatic carbocycles. The Bertz CT molecular complexity index is 410. The molecule has 12 heavy (non-hydrogen) atoms. The third kappa shape index (κ3) is 1.22. The smallest absolute Gasteiger partial charge is 0.188 e. The van der Waals surface area contributed by atoms with Crippen molar-refractivity contribution >= 4 is 33.7 Å². The fourth-order valence-electron chi connectivity index (χ4n) is 1.08. The Kier molecular flexibility index (Phi) is 1.85. The lowest BCUT2D eigenvalue weighted by molar-refractivity contribution is 1.22. The summed E-state index contributed by atoms with van der Waals surface area (Å²) in [6.45, 7) is 3.98. The van der Waals surface area contributed by atoms with E-state index in [1.165, 1.54) is 0 Å². The molecule has 2 aromatic rings. The molecule has 0 spiro atoms. The Labute approximate surface area is 75.9 Å². The van der Waals surface area contributed by atoms with E-state index in [0.717, 1.165) is 20.8 Å². The topological polar surface area (TPSA) is 25.8 Å². The zero-order valence-electron chi connectivity index (χ0n) is 7.03. The van der Waals surface area contributed by atoms with Crippen molar-refractivity contribution in [3.05, 3.63) is 18.0 Å². The molecule has 0 aliphatic rings. The van der Waals surface area contributed by atoms with Crippen molar-refractivity contribution in [3.63, 3.8) is 0 Å². The van der Waals surface area contributed by atoms with E-state index in [0.29, 0.717) is 0 Å². The zero-order valence-corrected chi connectivity index (χ0v) is 7.85. The van der Waals surface area contributed by atoms with Gasteiger partial charge in [0, 0.05) is 16.8 Å². The molecule has 2 heterocycles. The standard InChI is InChI=1S/C8H8BN2S/c1-5-3-6-7(4-10-5)12-8(9-2)11-6/h3-4H,1-2H3. The lowest BCUT2D eigenvalue weighted by Gasteiger charge is -1.88. The van der Waals surface area contributed by atoms with Crippen LogP contribution in [0, 0.1) is 6.92 Å². The number of nitrogens with zero attached hydrogens (tertiary/aromatic N) is 2. The van der Waals surface area contributed by atoms with E-state index in [4.69, 9.17) is 0 Å². The predicted octanol–water partition coefficient (Wildman–Crippen LogP) is 1.38. The molecule has 0 fully saturated rings. The molecule has 2 aromatic heterocycles. The molecule has 0 N–H and O–H groups in total. The van der Waals surface area contributed by atoms with E-state index >= 15 is 0 Å². The molecule has 2 rings (SSSR count). The first kappa shape index (κ1) is 7.74. The van der Waals surface area contributed by atoms with E-state index in [2.05, 4.69) is 9.97 Å². The molecule has 4 heteroatoms. The van der Waals surface area contributed by atoms with Crippen molar-refractivity contribution in [2.75, 3.05) is 0 Å². The van der Waals surface area contributed by atoms with Crippen molar-refractivity contribution in [2.24, 2.45) is 0 Å². The average molecular weight is 175 g/mol. The third-order valence-corrected chi connectivity index (χ3v) is 2.75. The second kappa shape index (κ2) is 2.86. The maximum Gasteiger partial charge on any atom is 0.188 e. The van der Waals surface area contributed by atoms with Crippen LogP contribution >= 0.6 is 11.3 Å². The van der Waals surface area contributed by atoms with Gasteiger partial charge in [0.15, 0.2) is 7.28 Å². The Balaban J connectivity index is 2.67. The van der Waals surface area contributed by atoms with Crippen LogP contribution in [0.1, 0.15) is 5.69 Å². The molecule has 0 saturated heterocycles. The van der Waals surface area contributed by atoms with Gasteiger partial charge in [-0.2, -0.15) is 0 Å². The van der Waals surface area contributed by atoms with Gasteiger partial charge < -0.3 is 0 Å². The summed E-state index contributed by atoms with van der Waals surface area (Å²) in [5.74, 6) is 0. The van der Waals surface area contributed by atoms with E-state index < -0.39 is 0 Å². The Morgan fingerprint density at radius 2 is 2.33 bits per heavy atom. The molecule has 0 unspecified atom stereocenters. The molecule has 0 aromatic carbocycles. The van der Waals surface area contributed by atoms with Crippen LogP contribution in [0.3, 0.4) is 0 Å². The van der Waals surface area contributed by atoms with Crippen molar-refractivity contribution in [3.8, 4) is 0 Å². The monoisotopic (exact) mass is 175 g/mol. The van der Waals surface area contributed by atoms with Gasteiger partial charge in [0.2, 0.25) is 0 Å². The maximum absolute atomic E-state index is 4.42. The number of rotatable bonds is 1. The minimum absolute atomic E-state index is 1.02. The molecule has 0 atom stereocenters. The number of fused-ring (bicyclic) bond motifs is 1. The summed E-state index contributed by atoms with van der Waals surface area (Å²) < 4.78 is 1.16. The molecular formula is C8H8BN2S. The summed E-state index contributed by atoms with van der Waals surface area (Å²) >= 11 is 1.68. The number of pyridine rings is 1. The van der Waals surface area contributed by atoms with Crippen LogP contribution in [0.15, 0.2) is 12.3 Å². The number of hydrogen-bond acceptors (Lipinski definition) is 3.